The number of carboxylic acids is 1. The number of carboxylic acid groups (broad SMARTS) is 1. The van der Waals surface area contributed by atoms with E-state index < -0.39 is 5.97 Å². The number of allylic oxidation sites excluding steroid dienone is 2. The van der Waals surface area contributed by atoms with Crippen LogP contribution in [0.2, 0.25) is 0 Å². The second kappa shape index (κ2) is 5.29. The van der Waals surface area contributed by atoms with Crippen molar-refractivity contribution in [1.29, 1.82) is 0 Å². The van der Waals surface area contributed by atoms with Crippen molar-refractivity contribution in [3.8, 4) is 0 Å². The van der Waals surface area contributed by atoms with Crippen LogP contribution in [0.15, 0.2) is 22.8 Å². The van der Waals surface area contributed by atoms with Gasteiger partial charge in [0.05, 0.1) is 6.10 Å². The first-order chi connectivity index (χ1) is 8.90. The molecule has 0 amide bonds. The maximum absolute atomic E-state index is 11.7. The highest BCUT2D eigenvalue weighted by Crippen LogP contribution is 2.40. The third-order valence-electron chi connectivity index (χ3n) is 4.35. The fraction of sp³-hybridized carbons (Fsp3) is 0.600. The lowest BCUT2D eigenvalue weighted by molar-refractivity contribution is -0.144. The number of carbonyl (C=O) groups is 2. The summed E-state index contributed by atoms with van der Waals surface area (Å²) in [5.41, 5.74) is 3.04. The van der Waals surface area contributed by atoms with Gasteiger partial charge in [0.25, 0.3) is 0 Å². The maximum atomic E-state index is 11.7. The number of hydrogen-bond donors (Lipinski definition) is 1. The van der Waals surface area contributed by atoms with Gasteiger partial charge in [-0.1, -0.05) is 12.5 Å². The van der Waals surface area contributed by atoms with Gasteiger partial charge in [-0.2, -0.15) is 0 Å². The first kappa shape index (κ1) is 14.0. The number of aliphatic carboxylic acids is 1. The van der Waals surface area contributed by atoms with Crippen LogP contribution in [0.5, 0.6) is 0 Å². The molecule has 104 valence electrons. The predicted octanol–water partition coefficient (Wildman–Crippen LogP) is 2.35. The van der Waals surface area contributed by atoms with Crippen LogP contribution in [0.4, 0.5) is 0 Å². The Hall–Kier alpha value is -1.42. The van der Waals surface area contributed by atoms with Gasteiger partial charge >= 0.3 is 5.97 Å². The molecule has 4 nitrogen and oxygen atoms in total. The topological polar surface area (TPSA) is 63.6 Å². The summed E-state index contributed by atoms with van der Waals surface area (Å²) in [5, 5.41) is 8.85. The SMILES string of the molecule is CC(=CC(=O)O)C1=C(C)C[C@@H]2OCC(=O)C(C)C2C1. The highest BCUT2D eigenvalue weighted by atomic mass is 16.5. The number of ether oxygens (including phenoxy) is 1. The van der Waals surface area contributed by atoms with Gasteiger partial charge in [0.2, 0.25) is 0 Å². The van der Waals surface area contributed by atoms with Gasteiger partial charge in [-0.15, -0.1) is 0 Å². The van der Waals surface area contributed by atoms with Crippen molar-refractivity contribution in [3.05, 3.63) is 22.8 Å². The molecule has 1 aliphatic heterocycles. The van der Waals surface area contributed by atoms with E-state index in [9.17, 15) is 9.59 Å². The molecule has 2 unspecified atom stereocenters. The average Bonchev–Trinajstić information content (AvgIpc) is 2.32. The highest BCUT2D eigenvalue weighted by Gasteiger charge is 2.39. The van der Waals surface area contributed by atoms with Gasteiger partial charge in [-0.25, -0.2) is 4.79 Å². The lowest BCUT2D eigenvalue weighted by Crippen LogP contribution is -2.43. The smallest absolute Gasteiger partial charge is 0.328 e. The summed E-state index contributed by atoms with van der Waals surface area (Å²) in [7, 11) is 0. The molecule has 3 atom stereocenters. The van der Waals surface area contributed by atoms with Gasteiger partial charge < -0.3 is 9.84 Å². The van der Waals surface area contributed by atoms with Crippen LogP contribution in [0.25, 0.3) is 0 Å². The van der Waals surface area contributed by atoms with Crippen LogP contribution in [-0.4, -0.2) is 29.6 Å². The molecule has 19 heavy (non-hydrogen) atoms. The molecule has 1 aliphatic carbocycles. The molecule has 0 saturated carbocycles. The summed E-state index contributed by atoms with van der Waals surface area (Å²) >= 11 is 0. The summed E-state index contributed by atoms with van der Waals surface area (Å²) in [6.07, 6.45) is 2.88. The van der Waals surface area contributed by atoms with Crippen LogP contribution in [0, 0.1) is 11.8 Å². The molecule has 0 aromatic rings. The monoisotopic (exact) mass is 264 g/mol. The van der Waals surface area contributed by atoms with Crippen LogP contribution < -0.4 is 0 Å². The van der Waals surface area contributed by atoms with Crippen LogP contribution in [0.1, 0.15) is 33.6 Å². The number of carbonyl (C=O) groups excluding carboxylic acids is 1. The predicted molar refractivity (Wildman–Crippen MR) is 70.7 cm³/mol. The maximum Gasteiger partial charge on any atom is 0.328 e. The third-order valence-corrected chi connectivity index (χ3v) is 4.35. The molecule has 0 radical (unpaired) electrons. The lowest BCUT2D eigenvalue weighted by Gasteiger charge is -2.40. The molecule has 0 spiro atoms. The van der Waals surface area contributed by atoms with E-state index in [0.29, 0.717) is 0 Å². The average molecular weight is 264 g/mol. The van der Waals surface area contributed by atoms with E-state index in [2.05, 4.69) is 0 Å². The highest BCUT2D eigenvalue weighted by molar-refractivity contribution is 5.83. The number of hydrogen-bond acceptors (Lipinski definition) is 3. The third kappa shape index (κ3) is 2.78. The summed E-state index contributed by atoms with van der Waals surface area (Å²) in [5.74, 6) is -0.597. The van der Waals surface area contributed by atoms with Gasteiger partial charge in [0.1, 0.15) is 6.61 Å². The van der Waals surface area contributed by atoms with Crippen molar-refractivity contribution in [3.63, 3.8) is 0 Å². The first-order valence-electron chi connectivity index (χ1n) is 6.64. The summed E-state index contributed by atoms with van der Waals surface area (Å²) < 4.78 is 5.62. The molecule has 1 N–H and O–H groups in total. The Morgan fingerprint density at radius 3 is 2.74 bits per heavy atom. The molecule has 0 aromatic carbocycles. The van der Waals surface area contributed by atoms with E-state index in [1.165, 1.54) is 11.6 Å². The first-order valence-corrected chi connectivity index (χ1v) is 6.64. The molecule has 4 heteroatoms. The number of Topliss-reactive ketones (excluding diaryl/α,β-unsaturated/α-hetero) is 1. The van der Waals surface area contributed by atoms with E-state index in [0.717, 1.165) is 24.0 Å². The quantitative estimate of drug-likeness (QED) is 0.778. The Balaban J connectivity index is 2.27. The van der Waals surface area contributed by atoms with E-state index in [4.69, 9.17) is 9.84 Å². The van der Waals surface area contributed by atoms with E-state index in [1.54, 1.807) is 0 Å². The van der Waals surface area contributed by atoms with E-state index >= 15 is 0 Å². The van der Waals surface area contributed by atoms with Crippen LogP contribution in [-0.2, 0) is 14.3 Å². The van der Waals surface area contributed by atoms with Crippen molar-refractivity contribution in [1.82, 2.24) is 0 Å². The van der Waals surface area contributed by atoms with Crippen molar-refractivity contribution >= 4 is 11.8 Å². The molecule has 2 aliphatic rings. The fourth-order valence-electron chi connectivity index (χ4n) is 3.13. The van der Waals surface area contributed by atoms with Gasteiger partial charge in [-0.05, 0) is 43.8 Å². The zero-order chi connectivity index (χ0) is 14.2. The molecule has 2 rings (SSSR count). The second-order valence-electron chi connectivity index (χ2n) is 5.60. The summed E-state index contributed by atoms with van der Waals surface area (Å²) in [6, 6.07) is 0. The molecule has 0 bridgehead atoms. The number of rotatable bonds is 2. The molecule has 0 aromatic heterocycles. The molecule has 1 heterocycles. The van der Waals surface area contributed by atoms with E-state index in [1.807, 2.05) is 20.8 Å². The van der Waals surface area contributed by atoms with Gasteiger partial charge in [0.15, 0.2) is 5.78 Å². The minimum absolute atomic E-state index is 0.000483. The van der Waals surface area contributed by atoms with Crippen molar-refractivity contribution in [2.75, 3.05) is 6.61 Å². The zero-order valence-electron chi connectivity index (χ0n) is 11.6. The zero-order valence-corrected chi connectivity index (χ0v) is 11.6. The minimum Gasteiger partial charge on any atom is -0.478 e. The number of fused-ring (bicyclic) bond motifs is 1. The summed E-state index contributed by atoms with van der Waals surface area (Å²) in [4.78, 5) is 22.5. The normalized spacial score (nSPS) is 32.3. The van der Waals surface area contributed by atoms with Crippen molar-refractivity contribution < 1.29 is 19.4 Å². The molecule has 1 saturated heterocycles. The van der Waals surface area contributed by atoms with Crippen molar-refractivity contribution in [2.45, 2.75) is 39.7 Å². The molecular weight excluding hydrogens is 244 g/mol. The van der Waals surface area contributed by atoms with E-state index in [-0.39, 0.29) is 30.3 Å². The Morgan fingerprint density at radius 2 is 2.11 bits per heavy atom. The standard InChI is InChI=1S/C15H20O4/c1-8-4-14-12(10(3)13(16)7-19-14)6-11(8)9(2)5-15(17)18/h5,10,12,14H,4,6-7H2,1-3H3,(H,17,18)/t10?,12?,14-/m0/s1. The van der Waals surface area contributed by atoms with Crippen LogP contribution in [0.3, 0.4) is 0 Å². The second-order valence-corrected chi connectivity index (χ2v) is 5.60. The lowest BCUT2D eigenvalue weighted by atomic mass is 9.72. The minimum atomic E-state index is -0.927. The van der Waals surface area contributed by atoms with Gasteiger partial charge in [0, 0.05) is 12.0 Å². The molecule has 1 fully saturated rings. The summed E-state index contributed by atoms with van der Waals surface area (Å²) in [6.45, 7) is 6.02. The Kier molecular flexibility index (Phi) is 3.90. The largest absolute Gasteiger partial charge is 0.478 e. The molecular formula is C15H20O4. The Bertz CT molecular complexity index is 473. The van der Waals surface area contributed by atoms with Crippen LogP contribution >= 0.6 is 0 Å². The van der Waals surface area contributed by atoms with Crippen molar-refractivity contribution in [2.24, 2.45) is 11.8 Å². The van der Waals surface area contributed by atoms with Gasteiger partial charge in [-0.3, -0.25) is 4.79 Å². The fourth-order valence-corrected chi connectivity index (χ4v) is 3.13. The number of ketones is 1. The Morgan fingerprint density at radius 1 is 1.42 bits per heavy atom. The Labute approximate surface area is 113 Å².